The Kier molecular flexibility index (Phi) is 10.2. The van der Waals surface area contributed by atoms with Crippen molar-refractivity contribution in [1.82, 2.24) is 14.6 Å². The summed E-state index contributed by atoms with van der Waals surface area (Å²) < 4.78 is 52.2. The number of hydroxylamine groups is 2. The molecule has 2 fully saturated rings. The van der Waals surface area contributed by atoms with Crippen molar-refractivity contribution < 1.29 is 61.1 Å². The van der Waals surface area contributed by atoms with Crippen molar-refractivity contribution in [2.75, 3.05) is 20.3 Å². The van der Waals surface area contributed by atoms with Gasteiger partial charge < -0.3 is 18.9 Å². The fourth-order valence-corrected chi connectivity index (χ4v) is 6.18. The number of nitrogens with zero attached hydrogens (tertiary/aromatic N) is 2. The Morgan fingerprint density at radius 1 is 0.957 bits per heavy atom. The highest BCUT2D eigenvalue weighted by molar-refractivity contribution is 7.48. The number of carbonyl (C=O) groups is 4. The van der Waals surface area contributed by atoms with Crippen LogP contribution in [0, 0.1) is 12.8 Å². The normalized spacial score (nSPS) is 26.7. The Bertz CT molecular complexity index is 1690. The molecule has 5 rings (SSSR count). The molecule has 18 nitrogen and oxygen atoms in total. The van der Waals surface area contributed by atoms with Gasteiger partial charge in [-0.2, -0.15) is 0 Å². The van der Waals surface area contributed by atoms with E-state index in [0.717, 1.165) is 18.6 Å². The number of benzene rings is 1. The molecule has 47 heavy (non-hydrogen) atoms. The van der Waals surface area contributed by atoms with Gasteiger partial charge >= 0.3 is 25.5 Å². The first-order chi connectivity index (χ1) is 22.3. The Morgan fingerprint density at radius 3 is 2.21 bits per heavy atom. The molecule has 1 aromatic carbocycles. The third kappa shape index (κ3) is 7.59. The summed E-state index contributed by atoms with van der Waals surface area (Å²) in [5.41, 5.74) is -0.912. The molecule has 2 aromatic rings. The summed E-state index contributed by atoms with van der Waals surface area (Å²) in [6.07, 6.45) is -4.35. The molecule has 0 spiro atoms. The maximum atomic E-state index is 13.5. The number of phosphoric ester groups is 1. The monoisotopic (exact) mass is 681 g/mol. The molecule has 0 aliphatic carbocycles. The third-order valence-corrected chi connectivity index (χ3v) is 8.82. The number of amides is 2. The summed E-state index contributed by atoms with van der Waals surface area (Å²) in [5.74, 6) is -3.47. The van der Waals surface area contributed by atoms with Gasteiger partial charge in [0.15, 0.2) is 0 Å². The molecule has 3 unspecified atom stereocenters. The topological polar surface area (TPSA) is 217 Å². The number of carbonyl (C=O) groups excluding carboxylic acids is 4. The van der Waals surface area contributed by atoms with Crippen LogP contribution in [0.15, 0.2) is 40.1 Å². The van der Waals surface area contributed by atoms with Crippen molar-refractivity contribution in [2.45, 2.75) is 64.6 Å². The highest BCUT2D eigenvalue weighted by Crippen LogP contribution is 2.50. The number of hydrogen-bond donors (Lipinski definition) is 1. The van der Waals surface area contributed by atoms with E-state index in [1.807, 2.05) is 0 Å². The fraction of sp³-hybridized carbons (Fsp3) is 0.500. The van der Waals surface area contributed by atoms with Crippen molar-refractivity contribution in [2.24, 2.45) is 5.92 Å². The van der Waals surface area contributed by atoms with Gasteiger partial charge in [-0.15, -0.1) is 5.06 Å². The standard InChI is InChI=1S/C28H32N3O15P/c1-14-11-30(28(37)29-24(14)34)22-10-20(46-31-25(35)18-7-5-6-8-19(18)26(31)36)21(44-22)13-41-47(38,39-4)40-12-17-9-23(42-15(2)32)45-27(17)43-16(3)33/h5-8,11,17,20-23,27H,9-10,12-13H2,1-4H3,(H,29,34,37)/t17-,20+,21+,22+,23?,27?,47?/m0/s1. The fourth-order valence-electron chi connectivity index (χ4n) is 5.19. The maximum Gasteiger partial charge on any atom is 0.474 e. The van der Waals surface area contributed by atoms with Crippen molar-refractivity contribution in [3.05, 3.63) is 68.0 Å². The van der Waals surface area contributed by atoms with Crippen LogP contribution < -0.4 is 11.2 Å². The van der Waals surface area contributed by atoms with E-state index in [-0.39, 0.29) is 36.1 Å². The number of phosphoric acid groups is 1. The van der Waals surface area contributed by atoms with E-state index in [2.05, 4.69) is 4.98 Å². The van der Waals surface area contributed by atoms with Gasteiger partial charge in [-0.1, -0.05) is 12.1 Å². The Hall–Kier alpha value is -4.03. The number of H-pyrrole nitrogens is 1. The molecule has 2 saturated heterocycles. The second-order valence-electron chi connectivity index (χ2n) is 10.8. The lowest BCUT2D eigenvalue weighted by atomic mass is 10.1. The van der Waals surface area contributed by atoms with E-state index in [1.54, 1.807) is 12.1 Å². The van der Waals surface area contributed by atoms with Gasteiger partial charge in [0.05, 0.1) is 30.3 Å². The van der Waals surface area contributed by atoms with Gasteiger partial charge in [0, 0.05) is 45.6 Å². The summed E-state index contributed by atoms with van der Waals surface area (Å²) in [6, 6.07) is 6.12. The van der Waals surface area contributed by atoms with Gasteiger partial charge in [0.2, 0.25) is 12.6 Å². The number of esters is 2. The highest BCUT2D eigenvalue weighted by atomic mass is 31.2. The lowest BCUT2D eigenvalue weighted by Crippen LogP contribution is -2.39. The largest absolute Gasteiger partial charge is 0.474 e. The van der Waals surface area contributed by atoms with Crippen LogP contribution in [0.25, 0.3) is 0 Å². The lowest BCUT2D eigenvalue weighted by molar-refractivity contribution is -0.212. The van der Waals surface area contributed by atoms with Gasteiger partial charge in [-0.05, 0) is 19.1 Å². The molecule has 1 aromatic heterocycles. The molecule has 254 valence electrons. The summed E-state index contributed by atoms with van der Waals surface area (Å²) in [7, 11) is -3.31. The SMILES string of the molecule is COP(=O)(OC[C@@H]1CC(OC(C)=O)OC1OC(C)=O)OC[C@H]1O[C@@H](n2cc(C)c(=O)[nH]c2=O)C[C@H]1ON1C(=O)c2ccccc2C1=O. The van der Waals surface area contributed by atoms with Gasteiger partial charge in [-0.25, -0.2) is 9.36 Å². The van der Waals surface area contributed by atoms with Crippen molar-refractivity contribution in [3.63, 3.8) is 0 Å². The molecular weight excluding hydrogens is 649 g/mol. The molecule has 19 heteroatoms. The quantitative estimate of drug-likeness (QED) is 0.190. The minimum atomic E-state index is -4.37. The zero-order chi connectivity index (χ0) is 34.0. The van der Waals surface area contributed by atoms with E-state index in [4.69, 9.17) is 37.4 Å². The maximum absolute atomic E-state index is 13.5. The van der Waals surface area contributed by atoms with Crippen LogP contribution in [0.5, 0.6) is 0 Å². The van der Waals surface area contributed by atoms with Gasteiger partial charge in [-0.3, -0.25) is 51.9 Å². The van der Waals surface area contributed by atoms with Crippen LogP contribution in [-0.4, -0.2) is 83.5 Å². The summed E-state index contributed by atoms with van der Waals surface area (Å²) in [6.45, 7) is 2.89. The summed E-state index contributed by atoms with van der Waals surface area (Å²) in [5, 5.41) is 0.580. The number of aromatic amines is 1. The lowest BCUT2D eigenvalue weighted by Gasteiger charge is -2.25. The first-order valence-corrected chi connectivity index (χ1v) is 15.8. The highest BCUT2D eigenvalue weighted by Gasteiger charge is 2.46. The third-order valence-electron chi connectivity index (χ3n) is 7.45. The molecule has 0 bridgehead atoms. The molecule has 4 heterocycles. The minimum Gasteiger partial charge on any atom is -0.436 e. The Labute approximate surface area is 266 Å². The molecular formula is C28H32N3O15P. The number of aryl methyl sites for hydroxylation is 1. The van der Waals surface area contributed by atoms with E-state index < -0.39 is 86.4 Å². The average molecular weight is 682 g/mol. The first-order valence-electron chi connectivity index (χ1n) is 14.4. The van der Waals surface area contributed by atoms with Crippen LogP contribution in [0.2, 0.25) is 0 Å². The summed E-state index contributed by atoms with van der Waals surface area (Å²) >= 11 is 0. The van der Waals surface area contributed by atoms with Crippen molar-refractivity contribution >= 4 is 31.6 Å². The van der Waals surface area contributed by atoms with Crippen molar-refractivity contribution in [3.8, 4) is 0 Å². The molecule has 2 amide bonds. The van der Waals surface area contributed by atoms with Crippen LogP contribution in [0.4, 0.5) is 0 Å². The number of hydrogen-bond acceptors (Lipinski definition) is 15. The summed E-state index contributed by atoms with van der Waals surface area (Å²) in [4.78, 5) is 81.5. The Morgan fingerprint density at radius 2 is 1.60 bits per heavy atom. The predicted octanol–water partition coefficient (Wildman–Crippen LogP) is 1.33. The zero-order valence-electron chi connectivity index (χ0n) is 25.6. The van der Waals surface area contributed by atoms with E-state index in [9.17, 15) is 33.3 Å². The van der Waals surface area contributed by atoms with E-state index >= 15 is 0 Å². The number of aromatic nitrogens is 2. The first kappa shape index (κ1) is 34.3. The number of nitrogens with one attached hydrogen (secondary N) is 1. The molecule has 0 saturated carbocycles. The molecule has 3 aliphatic rings. The van der Waals surface area contributed by atoms with Gasteiger partial charge in [0.1, 0.15) is 18.4 Å². The molecule has 7 atom stereocenters. The van der Waals surface area contributed by atoms with Crippen LogP contribution in [0.1, 0.15) is 59.2 Å². The number of rotatable bonds is 12. The number of imide groups is 1. The van der Waals surface area contributed by atoms with E-state index in [1.165, 1.54) is 32.2 Å². The zero-order valence-corrected chi connectivity index (χ0v) is 26.5. The van der Waals surface area contributed by atoms with Crippen LogP contribution >= 0.6 is 7.82 Å². The second kappa shape index (κ2) is 14.0. The van der Waals surface area contributed by atoms with Crippen molar-refractivity contribution in [1.29, 1.82) is 0 Å². The molecule has 0 radical (unpaired) electrons. The van der Waals surface area contributed by atoms with E-state index in [0.29, 0.717) is 5.06 Å². The average Bonchev–Trinajstić information content (AvgIpc) is 3.67. The smallest absolute Gasteiger partial charge is 0.436 e. The van der Waals surface area contributed by atoms with Gasteiger partial charge in [0.25, 0.3) is 17.4 Å². The minimum absolute atomic E-state index is 0.0399. The molecule has 1 N–H and O–H groups in total. The Balaban J connectivity index is 1.31. The molecule has 3 aliphatic heterocycles. The van der Waals surface area contributed by atoms with Crippen LogP contribution in [-0.2, 0) is 51.5 Å². The number of fused-ring (bicyclic) bond motifs is 1. The van der Waals surface area contributed by atoms with Crippen LogP contribution in [0.3, 0.4) is 0 Å². The predicted molar refractivity (Wildman–Crippen MR) is 153 cm³/mol. The number of ether oxygens (including phenoxy) is 4. The second-order valence-corrected chi connectivity index (χ2v) is 12.6.